The molecule has 1 aromatic carbocycles. The molecular formula is C16H22FN5O. The standard InChI is InChI=1S/C16H22FN5O/c1-3-4-5-7-12(2)18-15(23)11-22-20-16(19-21-22)13-8-6-9-14(17)10-13/h6,8-10,12H,3-5,7,11H2,1-2H3,(H,18,23)/t12-/m1/s1. The topological polar surface area (TPSA) is 72.7 Å². The van der Waals surface area contributed by atoms with Crippen LogP contribution in [-0.4, -0.2) is 32.2 Å². The number of carbonyl (C=O) groups excluding carboxylic acids is 1. The molecule has 2 rings (SSSR count). The van der Waals surface area contributed by atoms with Crippen molar-refractivity contribution in [3.05, 3.63) is 30.1 Å². The molecule has 0 saturated heterocycles. The fraction of sp³-hybridized carbons (Fsp3) is 0.500. The molecule has 124 valence electrons. The van der Waals surface area contributed by atoms with Gasteiger partial charge < -0.3 is 5.32 Å². The molecule has 2 aromatic rings. The van der Waals surface area contributed by atoms with Crippen molar-refractivity contribution in [2.75, 3.05) is 0 Å². The molecule has 0 aliphatic heterocycles. The highest BCUT2D eigenvalue weighted by Gasteiger charge is 2.11. The number of aromatic nitrogens is 4. The number of halogens is 1. The summed E-state index contributed by atoms with van der Waals surface area (Å²) >= 11 is 0. The number of hydrogen-bond acceptors (Lipinski definition) is 4. The molecule has 1 amide bonds. The van der Waals surface area contributed by atoms with Crippen LogP contribution in [0.15, 0.2) is 24.3 Å². The quantitative estimate of drug-likeness (QED) is 0.759. The van der Waals surface area contributed by atoms with Crippen molar-refractivity contribution < 1.29 is 9.18 Å². The molecule has 0 fully saturated rings. The minimum absolute atomic E-state index is 0.000430. The van der Waals surface area contributed by atoms with Crippen LogP contribution in [0.2, 0.25) is 0 Å². The molecule has 0 aliphatic rings. The van der Waals surface area contributed by atoms with E-state index < -0.39 is 0 Å². The van der Waals surface area contributed by atoms with Gasteiger partial charge in [-0.3, -0.25) is 4.79 Å². The Bertz CT molecular complexity index is 643. The summed E-state index contributed by atoms with van der Waals surface area (Å²) < 4.78 is 13.2. The van der Waals surface area contributed by atoms with Gasteiger partial charge in [-0.1, -0.05) is 38.3 Å². The van der Waals surface area contributed by atoms with Gasteiger partial charge in [-0.2, -0.15) is 4.80 Å². The largest absolute Gasteiger partial charge is 0.352 e. The predicted octanol–water partition coefficient (Wildman–Crippen LogP) is 2.56. The van der Waals surface area contributed by atoms with Gasteiger partial charge in [0.1, 0.15) is 12.4 Å². The third-order valence-corrected chi connectivity index (χ3v) is 3.47. The molecule has 0 bridgehead atoms. The Morgan fingerprint density at radius 2 is 2.22 bits per heavy atom. The average Bonchev–Trinajstić information content (AvgIpc) is 2.95. The lowest BCUT2D eigenvalue weighted by atomic mass is 10.1. The van der Waals surface area contributed by atoms with Gasteiger partial charge in [-0.15, -0.1) is 10.2 Å². The second kappa shape index (κ2) is 8.36. The summed E-state index contributed by atoms with van der Waals surface area (Å²) in [5, 5.41) is 14.7. The van der Waals surface area contributed by atoms with Gasteiger partial charge in [0.05, 0.1) is 0 Å². The number of unbranched alkanes of at least 4 members (excludes halogenated alkanes) is 2. The Balaban J connectivity index is 1.87. The van der Waals surface area contributed by atoms with Crippen LogP contribution in [0.1, 0.15) is 39.5 Å². The first kappa shape index (κ1) is 17.1. The second-order valence-corrected chi connectivity index (χ2v) is 5.62. The molecule has 7 heteroatoms. The maximum absolute atomic E-state index is 13.2. The Morgan fingerprint density at radius 1 is 1.39 bits per heavy atom. The van der Waals surface area contributed by atoms with E-state index in [1.54, 1.807) is 12.1 Å². The molecule has 6 nitrogen and oxygen atoms in total. The normalized spacial score (nSPS) is 12.1. The molecule has 1 N–H and O–H groups in total. The molecule has 0 saturated carbocycles. The number of hydrogen-bond donors (Lipinski definition) is 1. The summed E-state index contributed by atoms with van der Waals surface area (Å²) in [5.41, 5.74) is 0.532. The summed E-state index contributed by atoms with van der Waals surface area (Å²) in [7, 11) is 0. The summed E-state index contributed by atoms with van der Waals surface area (Å²) in [6.07, 6.45) is 4.39. The third kappa shape index (κ3) is 5.43. The highest BCUT2D eigenvalue weighted by atomic mass is 19.1. The van der Waals surface area contributed by atoms with Crippen LogP contribution in [0.3, 0.4) is 0 Å². The first-order chi connectivity index (χ1) is 11.1. The van der Waals surface area contributed by atoms with E-state index >= 15 is 0 Å². The zero-order valence-electron chi connectivity index (χ0n) is 13.5. The molecule has 0 unspecified atom stereocenters. The van der Waals surface area contributed by atoms with Crippen molar-refractivity contribution in [1.82, 2.24) is 25.5 Å². The first-order valence-electron chi connectivity index (χ1n) is 7.91. The second-order valence-electron chi connectivity index (χ2n) is 5.62. The van der Waals surface area contributed by atoms with Gasteiger partial charge in [0.25, 0.3) is 0 Å². The summed E-state index contributed by atoms with van der Waals surface area (Å²) in [4.78, 5) is 13.2. The van der Waals surface area contributed by atoms with E-state index in [2.05, 4.69) is 27.7 Å². The third-order valence-electron chi connectivity index (χ3n) is 3.47. The van der Waals surface area contributed by atoms with Gasteiger partial charge >= 0.3 is 0 Å². The van der Waals surface area contributed by atoms with E-state index in [1.165, 1.54) is 23.4 Å². The van der Waals surface area contributed by atoms with Gasteiger partial charge in [0.15, 0.2) is 0 Å². The lowest BCUT2D eigenvalue weighted by Gasteiger charge is -2.12. The minimum atomic E-state index is -0.363. The Morgan fingerprint density at radius 3 is 2.96 bits per heavy atom. The zero-order valence-corrected chi connectivity index (χ0v) is 13.5. The number of benzene rings is 1. The van der Waals surface area contributed by atoms with Crippen LogP contribution >= 0.6 is 0 Å². The van der Waals surface area contributed by atoms with E-state index in [4.69, 9.17) is 0 Å². The number of nitrogens with one attached hydrogen (secondary N) is 1. The van der Waals surface area contributed by atoms with Gasteiger partial charge in [-0.05, 0) is 30.7 Å². The fourth-order valence-electron chi connectivity index (χ4n) is 2.27. The van der Waals surface area contributed by atoms with E-state index in [-0.39, 0.29) is 24.3 Å². The molecular weight excluding hydrogens is 297 g/mol. The lowest BCUT2D eigenvalue weighted by Crippen LogP contribution is -2.35. The Labute approximate surface area is 135 Å². The maximum atomic E-state index is 13.2. The number of rotatable bonds is 8. The predicted molar refractivity (Wildman–Crippen MR) is 85.0 cm³/mol. The highest BCUT2D eigenvalue weighted by molar-refractivity contribution is 5.75. The number of amides is 1. The van der Waals surface area contributed by atoms with E-state index in [0.717, 1.165) is 19.3 Å². The van der Waals surface area contributed by atoms with Crippen LogP contribution in [0.4, 0.5) is 4.39 Å². The van der Waals surface area contributed by atoms with Crippen LogP contribution in [0.25, 0.3) is 11.4 Å². The van der Waals surface area contributed by atoms with Crippen molar-refractivity contribution >= 4 is 5.91 Å². The zero-order chi connectivity index (χ0) is 16.7. The van der Waals surface area contributed by atoms with E-state index in [9.17, 15) is 9.18 Å². The number of carbonyl (C=O) groups is 1. The van der Waals surface area contributed by atoms with Crippen molar-refractivity contribution in [2.45, 2.75) is 52.1 Å². The summed E-state index contributed by atoms with van der Waals surface area (Å²) in [5.74, 6) is -0.219. The smallest absolute Gasteiger partial charge is 0.243 e. The number of tetrazole rings is 1. The van der Waals surface area contributed by atoms with Crippen LogP contribution in [0.5, 0.6) is 0 Å². The Kier molecular flexibility index (Phi) is 6.19. The monoisotopic (exact) mass is 319 g/mol. The van der Waals surface area contributed by atoms with Crippen LogP contribution in [-0.2, 0) is 11.3 Å². The van der Waals surface area contributed by atoms with E-state index in [1.807, 2.05) is 6.92 Å². The van der Waals surface area contributed by atoms with Crippen molar-refractivity contribution in [3.63, 3.8) is 0 Å². The SMILES string of the molecule is CCCCC[C@@H](C)NC(=O)Cn1nnc(-c2cccc(F)c2)n1. The first-order valence-corrected chi connectivity index (χ1v) is 7.91. The Hall–Kier alpha value is -2.31. The van der Waals surface area contributed by atoms with E-state index in [0.29, 0.717) is 11.4 Å². The molecule has 0 aliphatic carbocycles. The van der Waals surface area contributed by atoms with Gasteiger partial charge in [-0.25, -0.2) is 4.39 Å². The molecule has 23 heavy (non-hydrogen) atoms. The van der Waals surface area contributed by atoms with Gasteiger partial charge in [0, 0.05) is 11.6 Å². The summed E-state index contributed by atoms with van der Waals surface area (Å²) in [6, 6.07) is 6.08. The molecule has 1 heterocycles. The molecule has 0 spiro atoms. The van der Waals surface area contributed by atoms with Crippen LogP contribution < -0.4 is 5.32 Å². The molecule has 1 atom stereocenters. The van der Waals surface area contributed by atoms with Crippen molar-refractivity contribution in [1.29, 1.82) is 0 Å². The average molecular weight is 319 g/mol. The highest BCUT2D eigenvalue weighted by Crippen LogP contribution is 2.14. The molecule has 0 radical (unpaired) electrons. The van der Waals surface area contributed by atoms with Crippen LogP contribution in [0, 0.1) is 5.82 Å². The maximum Gasteiger partial charge on any atom is 0.243 e. The van der Waals surface area contributed by atoms with Gasteiger partial charge in [0.2, 0.25) is 11.7 Å². The van der Waals surface area contributed by atoms with Crippen molar-refractivity contribution in [2.24, 2.45) is 0 Å². The van der Waals surface area contributed by atoms with Crippen molar-refractivity contribution in [3.8, 4) is 11.4 Å². The molecule has 1 aromatic heterocycles. The fourth-order valence-corrected chi connectivity index (χ4v) is 2.27. The minimum Gasteiger partial charge on any atom is -0.352 e. The lowest BCUT2D eigenvalue weighted by molar-refractivity contribution is -0.122. The summed E-state index contributed by atoms with van der Waals surface area (Å²) in [6.45, 7) is 4.14. The number of nitrogens with zero attached hydrogens (tertiary/aromatic N) is 4.